The van der Waals surface area contributed by atoms with Crippen molar-refractivity contribution in [3.63, 3.8) is 0 Å². The molecule has 0 saturated carbocycles. The zero-order valence-corrected chi connectivity index (χ0v) is 22.6. The summed E-state index contributed by atoms with van der Waals surface area (Å²) in [5, 5.41) is 12.3. The average molecular weight is 542 g/mol. The molecule has 0 radical (unpaired) electrons. The predicted molar refractivity (Wildman–Crippen MR) is 157 cm³/mol. The fourth-order valence-electron chi connectivity index (χ4n) is 3.55. The molecule has 1 aromatic heterocycles. The summed E-state index contributed by atoms with van der Waals surface area (Å²) in [5.74, 6) is -0.708. The highest BCUT2D eigenvalue weighted by atomic mass is 32.2. The summed E-state index contributed by atoms with van der Waals surface area (Å²) in [4.78, 5) is 39.3. The summed E-state index contributed by atoms with van der Waals surface area (Å²) < 4.78 is 0. The fourth-order valence-corrected chi connectivity index (χ4v) is 4.92. The highest BCUT2D eigenvalue weighted by molar-refractivity contribution is 8.00. The van der Waals surface area contributed by atoms with Crippen molar-refractivity contribution < 1.29 is 14.4 Å². The number of carbonyl (C=O) groups excluding carboxylic acids is 3. The predicted octanol–water partition coefficient (Wildman–Crippen LogP) is 6.51. The Kier molecular flexibility index (Phi) is 9.13. The number of rotatable bonds is 9. The quantitative estimate of drug-likeness (QED) is 0.167. The first-order valence-corrected chi connectivity index (χ1v) is 13.8. The summed E-state index contributed by atoms with van der Waals surface area (Å²) >= 11 is 2.87. The SMILES string of the molecule is Cc1cccc(NC(=O)CSc2cccc(NC(=O)/C(=C/c3ccsc3)NC(=O)c3ccccc3)c2)c1C. The molecule has 3 amide bonds. The fraction of sp³-hybridized carbons (Fsp3) is 0.100. The second kappa shape index (κ2) is 12.9. The molecule has 3 N–H and O–H groups in total. The standard InChI is InChI=1S/C30H27N3O3S2/c1-20-8-6-13-26(21(20)2)32-28(34)19-38-25-12-7-11-24(17-25)31-30(36)27(16-22-14-15-37-18-22)33-29(35)23-9-4-3-5-10-23/h3-18H,19H2,1-2H3,(H,31,36)(H,32,34)(H,33,35)/b27-16-. The number of benzene rings is 3. The third-order valence-corrected chi connectivity index (χ3v) is 7.42. The maximum atomic E-state index is 13.2. The Balaban J connectivity index is 1.41. The third-order valence-electron chi connectivity index (χ3n) is 5.72. The third kappa shape index (κ3) is 7.44. The lowest BCUT2D eigenvalue weighted by molar-refractivity contribution is -0.114. The van der Waals surface area contributed by atoms with Crippen LogP contribution >= 0.6 is 23.1 Å². The molecule has 0 bridgehead atoms. The van der Waals surface area contributed by atoms with Crippen LogP contribution in [0.3, 0.4) is 0 Å². The van der Waals surface area contributed by atoms with E-state index in [1.165, 1.54) is 23.1 Å². The van der Waals surface area contributed by atoms with E-state index < -0.39 is 5.91 Å². The molecule has 0 atom stereocenters. The van der Waals surface area contributed by atoms with Crippen molar-refractivity contribution in [2.75, 3.05) is 16.4 Å². The van der Waals surface area contributed by atoms with Crippen LogP contribution in [0.5, 0.6) is 0 Å². The number of aryl methyl sites for hydroxylation is 1. The van der Waals surface area contributed by atoms with Gasteiger partial charge in [0.2, 0.25) is 5.91 Å². The van der Waals surface area contributed by atoms with Crippen LogP contribution in [0.15, 0.2) is 100 Å². The number of thiophene rings is 1. The van der Waals surface area contributed by atoms with Crippen molar-refractivity contribution in [2.24, 2.45) is 0 Å². The molecule has 38 heavy (non-hydrogen) atoms. The normalized spacial score (nSPS) is 11.1. The topological polar surface area (TPSA) is 87.3 Å². The van der Waals surface area contributed by atoms with Gasteiger partial charge in [-0.2, -0.15) is 11.3 Å². The second-order valence-corrected chi connectivity index (χ2v) is 10.3. The molecular weight excluding hydrogens is 514 g/mol. The monoisotopic (exact) mass is 541 g/mol. The number of thioether (sulfide) groups is 1. The number of carbonyl (C=O) groups is 3. The summed E-state index contributed by atoms with van der Waals surface area (Å²) in [6.07, 6.45) is 1.64. The van der Waals surface area contributed by atoms with E-state index in [1.54, 1.807) is 42.5 Å². The molecule has 0 spiro atoms. The number of hydrogen-bond donors (Lipinski definition) is 3. The van der Waals surface area contributed by atoms with Crippen LogP contribution < -0.4 is 16.0 Å². The molecule has 0 aliphatic rings. The van der Waals surface area contributed by atoms with Gasteiger partial charge in [-0.05, 0) is 89.8 Å². The summed E-state index contributed by atoms with van der Waals surface area (Å²) in [5.41, 5.74) is 4.91. The van der Waals surface area contributed by atoms with E-state index in [4.69, 9.17) is 0 Å². The Morgan fingerprint density at radius 2 is 1.68 bits per heavy atom. The lowest BCUT2D eigenvalue weighted by Crippen LogP contribution is -2.30. The second-order valence-electron chi connectivity index (χ2n) is 8.50. The van der Waals surface area contributed by atoms with Gasteiger partial charge in [-0.25, -0.2) is 0 Å². The minimum absolute atomic E-state index is 0.109. The molecule has 0 aliphatic carbocycles. The van der Waals surface area contributed by atoms with Crippen LogP contribution in [0, 0.1) is 13.8 Å². The van der Waals surface area contributed by atoms with E-state index in [2.05, 4.69) is 16.0 Å². The minimum Gasteiger partial charge on any atom is -0.325 e. The Labute approximate surface area is 230 Å². The molecule has 192 valence electrons. The molecule has 0 saturated heterocycles. The lowest BCUT2D eigenvalue weighted by atomic mass is 10.1. The van der Waals surface area contributed by atoms with Gasteiger partial charge in [0.15, 0.2) is 0 Å². The van der Waals surface area contributed by atoms with E-state index >= 15 is 0 Å². The van der Waals surface area contributed by atoms with E-state index in [0.717, 1.165) is 27.3 Å². The summed E-state index contributed by atoms with van der Waals surface area (Å²) in [6, 6.07) is 23.7. The van der Waals surface area contributed by atoms with E-state index in [9.17, 15) is 14.4 Å². The van der Waals surface area contributed by atoms with Crippen molar-refractivity contribution in [3.8, 4) is 0 Å². The molecule has 3 aromatic carbocycles. The molecule has 4 rings (SSSR count). The smallest absolute Gasteiger partial charge is 0.272 e. The zero-order valence-electron chi connectivity index (χ0n) is 21.0. The summed E-state index contributed by atoms with van der Waals surface area (Å²) in [6.45, 7) is 3.99. The van der Waals surface area contributed by atoms with Crippen molar-refractivity contribution in [1.82, 2.24) is 5.32 Å². The van der Waals surface area contributed by atoms with Gasteiger partial charge in [0.25, 0.3) is 11.8 Å². The molecule has 0 fully saturated rings. The first kappa shape index (κ1) is 26.9. The molecule has 6 nitrogen and oxygen atoms in total. The molecule has 4 aromatic rings. The van der Waals surface area contributed by atoms with Crippen LogP contribution in [0.25, 0.3) is 6.08 Å². The highest BCUT2D eigenvalue weighted by Gasteiger charge is 2.15. The van der Waals surface area contributed by atoms with Crippen molar-refractivity contribution in [2.45, 2.75) is 18.7 Å². The summed E-state index contributed by atoms with van der Waals surface area (Å²) in [7, 11) is 0. The van der Waals surface area contributed by atoms with Gasteiger partial charge in [-0.15, -0.1) is 11.8 Å². The number of amides is 3. The number of hydrogen-bond acceptors (Lipinski definition) is 5. The first-order chi connectivity index (χ1) is 18.4. The van der Waals surface area contributed by atoms with E-state index in [-0.39, 0.29) is 23.3 Å². The maximum absolute atomic E-state index is 13.2. The molecular formula is C30H27N3O3S2. The van der Waals surface area contributed by atoms with E-state index in [0.29, 0.717) is 11.3 Å². The van der Waals surface area contributed by atoms with Gasteiger partial charge in [0, 0.05) is 21.8 Å². The molecule has 8 heteroatoms. The first-order valence-electron chi connectivity index (χ1n) is 11.9. The van der Waals surface area contributed by atoms with Gasteiger partial charge in [0.1, 0.15) is 5.70 Å². The Morgan fingerprint density at radius 1 is 0.895 bits per heavy atom. The maximum Gasteiger partial charge on any atom is 0.272 e. The Bertz CT molecular complexity index is 1470. The van der Waals surface area contributed by atoms with Gasteiger partial charge in [-0.1, -0.05) is 36.4 Å². The largest absolute Gasteiger partial charge is 0.325 e. The van der Waals surface area contributed by atoms with Crippen LogP contribution in [0.1, 0.15) is 27.0 Å². The number of nitrogens with one attached hydrogen (secondary N) is 3. The van der Waals surface area contributed by atoms with Gasteiger partial charge in [0.05, 0.1) is 5.75 Å². The zero-order chi connectivity index (χ0) is 26.9. The average Bonchev–Trinajstić information content (AvgIpc) is 3.44. The van der Waals surface area contributed by atoms with Crippen molar-refractivity contribution >= 4 is 58.3 Å². The van der Waals surface area contributed by atoms with Crippen LogP contribution in [-0.4, -0.2) is 23.5 Å². The van der Waals surface area contributed by atoms with Crippen LogP contribution in [-0.2, 0) is 9.59 Å². The van der Waals surface area contributed by atoms with Gasteiger partial charge in [-0.3, -0.25) is 14.4 Å². The van der Waals surface area contributed by atoms with Crippen molar-refractivity contribution in [3.05, 3.63) is 118 Å². The molecule has 1 heterocycles. The lowest BCUT2D eigenvalue weighted by Gasteiger charge is -2.12. The minimum atomic E-state index is -0.449. The Morgan fingerprint density at radius 3 is 2.45 bits per heavy atom. The van der Waals surface area contributed by atoms with Crippen LogP contribution in [0.4, 0.5) is 11.4 Å². The number of anilines is 2. The highest BCUT2D eigenvalue weighted by Crippen LogP contribution is 2.24. The molecule has 0 aliphatic heterocycles. The molecule has 0 unspecified atom stereocenters. The van der Waals surface area contributed by atoms with Gasteiger partial charge >= 0.3 is 0 Å². The Hall–Kier alpha value is -4.14. The van der Waals surface area contributed by atoms with Gasteiger partial charge < -0.3 is 16.0 Å². The van der Waals surface area contributed by atoms with Crippen molar-refractivity contribution in [1.29, 1.82) is 0 Å². The van der Waals surface area contributed by atoms with Crippen LogP contribution in [0.2, 0.25) is 0 Å². The van der Waals surface area contributed by atoms with E-state index in [1.807, 2.05) is 67.1 Å².